The zero-order chi connectivity index (χ0) is 21.2. The van der Waals surface area contributed by atoms with Gasteiger partial charge in [0.1, 0.15) is 0 Å². The third-order valence-electron chi connectivity index (χ3n) is 5.61. The van der Waals surface area contributed by atoms with Crippen LogP contribution in [0.3, 0.4) is 0 Å². The number of likely N-dealkylation sites (N-methyl/N-ethyl adjacent to an activating group) is 2. The summed E-state index contributed by atoms with van der Waals surface area (Å²) in [6, 6.07) is 10.3. The largest absolute Gasteiger partial charge is 0.342 e. The smallest absolute Gasteiger partial charge is 0.317 e. The van der Waals surface area contributed by atoms with E-state index in [-0.39, 0.29) is 18.0 Å². The second kappa shape index (κ2) is 11.8. The van der Waals surface area contributed by atoms with Gasteiger partial charge in [0.25, 0.3) is 0 Å². The monoisotopic (exact) mass is 403 g/mol. The number of rotatable bonds is 8. The molecule has 1 unspecified atom stereocenters. The van der Waals surface area contributed by atoms with Crippen molar-refractivity contribution in [2.24, 2.45) is 0 Å². The summed E-state index contributed by atoms with van der Waals surface area (Å²) < 4.78 is 0. The Balaban J connectivity index is 1.85. The summed E-state index contributed by atoms with van der Waals surface area (Å²) in [5.41, 5.74) is 1.19. The average Bonchev–Trinajstić information content (AvgIpc) is 2.95. The number of hydrogen-bond acceptors (Lipinski definition) is 4. The maximum absolute atomic E-state index is 12.7. The lowest BCUT2D eigenvalue weighted by Gasteiger charge is -2.27. The van der Waals surface area contributed by atoms with Crippen molar-refractivity contribution in [3.63, 3.8) is 0 Å². The van der Waals surface area contributed by atoms with Gasteiger partial charge in [-0.05, 0) is 39.9 Å². The van der Waals surface area contributed by atoms with Gasteiger partial charge in [0, 0.05) is 45.8 Å². The minimum absolute atomic E-state index is 0.0234. The molecule has 1 aromatic rings. The SMILES string of the molecule is CCN(CC)C(=O)CN1CCCN(C(=O)NCC(c2ccccc2)N(C)C)CC1. The minimum Gasteiger partial charge on any atom is -0.342 e. The van der Waals surface area contributed by atoms with Crippen LogP contribution in [0.1, 0.15) is 31.9 Å². The molecule has 0 radical (unpaired) electrons. The lowest BCUT2D eigenvalue weighted by molar-refractivity contribution is -0.132. The number of urea groups is 1. The molecule has 7 nitrogen and oxygen atoms in total. The second-order valence-corrected chi connectivity index (χ2v) is 7.76. The van der Waals surface area contributed by atoms with Gasteiger partial charge < -0.3 is 20.0 Å². The summed E-state index contributed by atoms with van der Waals surface area (Å²) in [6.07, 6.45) is 0.884. The summed E-state index contributed by atoms with van der Waals surface area (Å²) in [5, 5.41) is 3.10. The van der Waals surface area contributed by atoms with Gasteiger partial charge in [0.05, 0.1) is 12.6 Å². The molecule has 0 aliphatic carbocycles. The van der Waals surface area contributed by atoms with Crippen LogP contribution in [0.15, 0.2) is 30.3 Å². The molecule has 1 saturated heterocycles. The maximum Gasteiger partial charge on any atom is 0.317 e. The summed E-state index contributed by atoms with van der Waals surface area (Å²) >= 11 is 0. The zero-order valence-electron chi connectivity index (χ0n) is 18.4. The van der Waals surface area contributed by atoms with Crippen LogP contribution in [-0.2, 0) is 4.79 Å². The van der Waals surface area contributed by atoms with Crippen LogP contribution in [0.4, 0.5) is 4.79 Å². The standard InChI is InChI=1S/C22H37N5O2/c1-5-26(6-2)21(28)18-25-13-10-14-27(16-15-25)22(29)23-17-20(24(3)4)19-11-8-7-9-12-19/h7-9,11-12,20H,5-6,10,13-18H2,1-4H3,(H,23,29). The first-order chi connectivity index (χ1) is 14.0. The molecule has 1 aliphatic rings. The fourth-order valence-corrected chi connectivity index (χ4v) is 3.77. The van der Waals surface area contributed by atoms with Crippen LogP contribution < -0.4 is 5.32 Å². The number of nitrogens with zero attached hydrogens (tertiary/aromatic N) is 4. The van der Waals surface area contributed by atoms with Gasteiger partial charge >= 0.3 is 6.03 Å². The van der Waals surface area contributed by atoms with Crippen LogP contribution in [0, 0.1) is 0 Å². The van der Waals surface area contributed by atoms with Gasteiger partial charge in [-0.2, -0.15) is 0 Å². The van der Waals surface area contributed by atoms with Crippen LogP contribution in [0.2, 0.25) is 0 Å². The number of hydrogen-bond donors (Lipinski definition) is 1. The normalized spacial score (nSPS) is 16.4. The molecule has 7 heteroatoms. The van der Waals surface area contributed by atoms with Crippen molar-refractivity contribution in [2.45, 2.75) is 26.3 Å². The van der Waals surface area contributed by atoms with E-state index in [1.165, 1.54) is 5.56 Å². The number of amides is 3. The Morgan fingerprint density at radius 3 is 2.34 bits per heavy atom. The summed E-state index contributed by atoms with van der Waals surface area (Å²) in [7, 11) is 4.06. The van der Waals surface area contributed by atoms with E-state index in [1.807, 2.05) is 55.9 Å². The Labute approximate surface area is 175 Å². The first-order valence-corrected chi connectivity index (χ1v) is 10.7. The Morgan fingerprint density at radius 2 is 1.72 bits per heavy atom. The van der Waals surface area contributed by atoms with Crippen LogP contribution in [-0.4, -0.2) is 98.0 Å². The molecule has 1 atom stereocenters. The summed E-state index contributed by atoms with van der Waals surface area (Å²) in [5.74, 6) is 0.171. The molecule has 29 heavy (non-hydrogen) atoms. The lowest BCUT2D eigenvalue weighted by atomic mass is 10.1. The zero-order valence-corrected chi connectivity index (χ0v) is 18.4. The van der Waals surface area contributed by atoms with Crippen molar-refractivity contribution < 1.29 is 9.59 Å². The fourth-order valence-electron chi connectivity index (χ4n) is 3.77. The highest BCUT2D eigenvalue weighted by Crippen LogP contribution is 2.17. The molecule has 0 bridgehead atoms. The van der Waals surface area contributed by atoms with Crippen LogP contribution >= 0.6 is 0 Å². The molecular formula is C22H37N5O2. The maximum atomic E-state index is 12.7. The van der Waals surface area contributed by atoms with Gasteiger partial charge in [-0.3, -0.25) is 9.69 Å². The van der Waals surface area contributed by atoms with Gasteiger partial charge in [-0.25, -0.2) is 4.79 Å². The Morgan fingerprint density at radius 1 is 1.03 bits per heavy atom. The molecule has 162 valence electrons. The van der Waals surface area contributed by atoms with Crippen molar-refractivity contribution >= 4 is 11.9 Å². The highest BCUT2D eigenvalue weighted by atomic mass is 16.2. The second-order valence-electron chi connectivity index (χ2n) is 7.76. The highest BCUT2D eigenvalue weighted by Gasteiger charge is 2.23. The first-order valence-electron chi connectivity index (χ1n) is 10.7. The number of nitrogens with one attached hydrogen (secondary N) is 1. The Bertz CT molecular complexity index is 633. The van der Waals surface area contributed by atoms with Crippen LogP contribution in [0.5, 0.6) is 0 Å². The molecule has 1 aliphatic heterocycles. The third kappa shape index (κ3) is 7.01. The summed E-state index contributed by atoms with van der Waals surface area (Å²) in [4.78, 5) is 33.1. The lowest BCUT2D eigenvalue weighted by Crippen LogP contribution is -2.45. The van der Waals surface area contributed by atoms with Crippen molar-refractivity contribution in [3.05, 3.63) is 35.9 Å². The topological polar surface area (TPSA) is 59.1 Å². The third-order valence-corrected chi connectivity index (χ3v) is 5.61. The van der Waals surface area contributed by atoms with E-state index >= 15 is 0 Å². The number of carbonyl (C=O) groups excluding carboxylic acids is 2. The van der Waals surface area contributed by atoms with E-state index in [1.54, 1.807) is 0 Å². The quantitative estimate of drug-likeness (QED) is 0.720. The molecular weight excluding hydrogens is 366 g/mol. The molecule has 2 rings (SSSR count). The molecule has 1 heterocycles. The predicted molar refractivity (Wildman–Crippen MR) is 117 cm³/mol. The average molecular weight is 404 g/mol. The molecule has 0 aromatic heterocycles. The number of carbonyl (C=O) groups is 2. The first kappa shape index (κ1) is 23.2. The van der Waals surface area contributed by atoms with E-state index in [0.717, 1.165) is 39.1 Å². The van der Waals surface area contributed by atoms with E-state index in [0.29, 0.717) is 19.6 Å². The van der Waals surface area contributed by atoms with Crippen molar-refractivity contribution in [3.8, 4) is 0 Å². The molecule has 0 saturated carbocycles. The molecule has 1 aromatic carbocycles. The van der Waals surface area contributed by atoms with E-state index < -0.39 is 0 Å². The van der Waals surface area contributed by atoms with Crippen molar-refractivity contribution in [1.29, 1.82) is 0 Å². The molecule has 3 amide bonds. The van der Waals surface area contributed by atoms with Gasteiger partial charge in [0.2, 0.25) is 5.91 Å². The molecule has 1 fully saturated rings. The molecule has 0 spiro atoms. The van der Waals surface area contributed by atoms with Crippen LogP contribution in [0.25, 0.3) is 0 Å². The van der Waals surface area contributed by atoms with Crippen molar-refractivity contribution in [2.75, 3.05) is 66.5 Å². The van der Waals surface area contributed by atoms with Crippen molar-refractivity contribution in [1.82, 2.24) is 24.9 Å². The van der Waals surface area contributed by atoms with Gasteiger partial charge in [-0.1, -0.05) is 30.3 Å². The Hall–Kier alpha value is -2.12. The van der Waals surface area contributed by atoms with E-state index in [4.69, 9.17) is 0 Å². The summed E-state index contributed by atoms with van der Waals surface area (Å²) in [6.45, 7) is 9.45. The number of benzene rings is 1. The van der Waals surface area contributed by atoms with Gasteiger partial charge in [0.15, 0.2) is 0 Å². The van der Waals surface area contributed by atoms with Gasteiger partial charge in [-0.15, -0.1) is 0 Å². The van der Waals surface area contributed by atoms with E-state index in [9.17, 15) is 9.59 Å². The predicted octanol–water partition coefficient (Wildman–Crippen LogP) is 1.88. The van der Waals surface area contributed by atoms with E-state index in [2.05, 4.69) is 27.2 Å². The Kier molecular flexibility index (Phi) is 9.41. The molecule has 1 N–H and O–H groups in total. The fraction of sp³-hybridized carbons (Fsp3) is 0.636. The highest BCUT2D eigenvalue weighted by molar-refractivity contribution is 5.78. The minimum atomic E-state index is -0.0234.